The van der Waals surface area contributed by atoms with Crippen LogP contribution in [0.4, 0.5) is 0 Å². The van der Waals surface area contributed by atoms with Crippen molar-refractivity contribution in [2.45, 2.75) is 20.3 Å². The minimum atomic E-state index is -0.539. The maximum Gasteiger partial charge on any atom is 0.242 e. The Hall–Kier alpha value is -0.610. The number of carbonyl (C=O) groups is 1. The molecular weight excluding hydrogens is 146 g/mol. The van der Waals surface area contributed by atoms with Crippen molar-refractivity contribution in [3.05, 3.63) is 0 Å². The van der Waals surface area contributed by atoms with E-state index in [2.05, 4.69) is 0 Å². The van der Waals surface area contributed by atoms with Gasteiger partial charge in [-0.05, 0) is 13.8 Å². The first kappa shape index (κ1) is 10.4. The highest BCUT2D eigenvalue weighted by Crippen LogP contribution is 1.97. The summed E-state index contributed by atoms with van der Waals surface area (Å²) in [5, 5.41) is 0. The number of ether oxygens (including phenoxy) is 2. The molecule has 0 unspecified atom stereocenters. The van der Waals surface area contributed by atoms with Crippen molar-refractivity contribution < 1.29 is 14.3 Å². The summed E-state index contributed by atoms with van der Waals surface area (Å²) in [6, 6.07) is 0. The van der Waals surface area contributed by atoms with E-state index in [-0.39, 0.29) is 0 Å². The van der Waals surface area contributed by atoms with E-state index >= 15 is 0 Å². The molecular formula is C7H15NO3. The summed E-state index contributed by atoms with van der Waals surface area (Å²) < 4.78 is 10.2. The zero-order valence-electron chi connectivity index (χ0n) is 7.24. The molecule has 0 radical (unpaired) electrons. The second-order valence-electron chi connectivity index (χ2n) is 1.99. The van der Waals surface area contributed by atoms with Crippen molar-refractivity contribution in [1.29, 1.82) is 0 Å². The smallest absolute Gasteiger partial charge is 0.242 e. The maximum atomic E-state index is 10.3. The molecule has 0 aromatic heterocycles. The van der Waals surface area contributed by atoms with Crippen molar-refractivity contribution in [3.63, 3.8) is 0 Å². The number of hydrogen-bond donors (Lipinski definition) is 0. The van der Waals surface area contributed by atoms with E-state index in [9.17, 15) is 4.79 Å². The molecule has 0 saturated carbocycles. The first-order valence-corrected chi connectivity index (χ1v) is 3.66. The molecule has 66 valence electrons. The minimum absolute atomic E-state index is 0.531. The van der Waals surface area contributed by atoms with Gasteiger partial charge in [0.25, 0.3) is 0 Å². The lowest BCUT2D eigenvalue weighted by molar-refractivity contribution is -0.207. The number of amides is 1. The second-order valence-corrected chi connectivity index (χ2v) is 1.99. The van der Waals surface area contributed by atoms with Crippen LogP contribution in [-0.2, 0) is 14.3 Å². The molecule has 0 aliphatic carbocycles. The summed E-state index contributed by atoms with van der Waals surface area (Å²) >= 11 is 0. The summed E-state index contributed by atoms with van der Waals surface area (Å²) in [5.41, 5.74) is 0. The van der Waals surface area contributed by atoms with Crippen LogP contribution in [0.25, 0.3) is 0 Å². The molecule has 0 rings (SSSR count). The molecule has 0 fully saturated rings. The molecule has 4 nitrogen and oxygen atoms in total. The van der Waals surface area contributed by atoms with Crippen molar-refractivity contribution in [1.82, 2.24) is 4.90 Å². The number of carbonyl (C=O) groups excluding carboxylic acids is 1. The lowest BCUT2D eigenvalue weighted by Gasteiger charge is -2.23. The topological polar surface area (TPSA) is 38.8 Å². The molecule has 1 amide bonds. The average Bonchev–Trinajstić information content (AvgIpc) is 2.03. The number of hydrogen-bond acceptors (Lipinski definition) is 3. The highest BCUT2D eigenvalue weighted by Gasteiger charge is 2.11. The Morgan fingerprint density at radius 3 is 2.09 bits per heavy atom. The van der Waals surface area contributed by atoms with Crippen molar-refractivity contribution in [2.75, 3.05) is 20.3 Å². The van der Waals surface area contributed by atoms with Crippen LogP contribution in [0.2, 0.25) is 0 Å². The van der Waals surface area contributed by atoms with Crippen LogP contribution in [0.1, 0.15) is 13.8 Å². The van der Waals surface area contributed by atoms with Gasteiger partial charge in [0.15, 0.2) is 0 Å². The Balaban J connectivity index is 3.75. The zero-order valence-corrected chi connectivity index (χ0v) is 7.24. The Morgan fingerprint density at radius 1 is 1.36 bits per heavy atom. The van der Waals surface area contributed by atoms with Crippen LogP contribution in [0.5, 0.6) is 0 Å². The SMILES string of the molecule is CCOC(OCC)N(C)C=O. The van der Waals surface area contributed by atoms with E-state index < -0.39 is 6.41 Å². The third-order valence-corrected chi connectivity index (χ3v) is 1.12. The van der Waals surface area contributed by atoms with E-state index in [0.29, 0.717) is 19.6 Å². The van der Waals surface area contributed by atoms with Gasteiger partial charge in [-0.15, -0.1) is 0 Å². The quantitative estimate of drug-likeness (QED) is 0.419. The summed E-state index contributed by atoms with van der Waals surface area (Å²) in [6.07, 6.45) is 0.137. The average molecular weight is 161 g/mol. The van der Waals surface area contributed by atoms with Gasteiger partial charge >= 0.3 is 0 Å². The van der Waals surface area contributed by atoms with Gasteiger partial charge in [-0.1, -0.05) is 0 Å². The van der Waals surface area contributed by atoms with Gasteiger partial charge in [-0.3, -0.25) is 9.69 Å². The van der Waals surface area contributed by atoms with E-state index in [1.54, 1.807) is 7.05 Å². The Kier molecular flexibility index (Phi) is 5.78. The molecule has 0 saturated heterocycles. The molecule has 0 aromatic rings. The fraction of sp³-hybridized carbons (Fsp3) is 0.857. The highest BCUT2D eigenvalue weighted by molar-refractivity contribution is 5.46. The standard InChI is InChI=1S/C7H15NO3/c1-4-10-7(11-5-2)8(3)6-9/h6-7H,4-5H2,1-3H3. The van der Waals surface area contributed by atoms with Crippen LogP contribution in [0.15, 0.2) is 0 Å². The Bertz CT molecular complexity index is 102. The van der Waals surface area contributed by atoms with Crippen molar-refractivity contribution in [2.24, 2.45) is 0 Å². The van der Waals surface area contributed by atoms with Crippen molar-refractivity contribution in [3.8, 4) is 0 Å². The summed E-state index contributed by atoms with van der Waals surface area (Å²) in [7, 11) is 1.61. The van der Waals surface area contributed by atoms with Gasteiger partial charge < -0.3 is 9.47 Å². The molecule has 0 aliphatic heterocycles. The molecule has 0 aromatic carbocycles. The molecule has 0 heterocycles. The maximum absolute atomic E-state index is 10.3. The third-order valence-electron chi connectivity index (χ3n) is 1.12. The van der Waals surface area contributed by atoms with E-state index in [1.807, 2.05) is 13.8 Å². The lowest BCUT2D eigenvalue weighted by Crippen LogP contribution is -2.35. The Morgan fingerprint density at radius 2 is 1.82 bits per heavy atom. The predicted octanol–water partition coefficient (Wildman–Crippen LogP) is 0.431. The first-order chi connectivity index (χ1) is 5.26. The Labute approximate surface area is 67.1 Å². The monoisotopic (exact) mass is 161 g/mol. The largest absolute Gasteiger partial charge is 0.335 e. The van der Waals surface area contributed by atoms with Crippen LogP contribution < -0.4 is 0 Å². The predicted molar refractivity (Wildman–Crippen MR) is 40.9 cm³/mol. The molecule has 0 N–H and O–H groups in total. The minimum Gasteiger partial charge on any atom is -0.335 e. The number of nitrogens with zero attached hydrogens (tertiary/aromatic N) is 1. The van der Waals surface area contributed by atoms with Gasteiger partial charge in [-0.2, -0.15) is 0 Å². The molecule has 0 spiro atoms. The van der Waals surface area contributed by atoms with Crippen molar-refractivity contribution >= 4 is 6.41 Å². The van der Waals surface area contributed by atoms with E-state index in [0.717, 1.165) is 0 Å². The second kappa shape index (κ2) is 6.12. The van der Waals surface area contributed by atoms with Gasteiger partial charge in [-0.25, -0.2) is 0 Å². The zero-order chi connectivity index (χ0) is 8.69. The van der Waals surface area contributed by atoms with Crippen LogP contribution in [0, 0.1) is 0 Å². The van der Waals surface area contributed by atoms with Gasteiger partial charge in [0, 0.05) is 20.3 Å². The van der Waals surface area contributed by atoms with Crippen LogP contribution in [0.3, 0.4) is 0 Å². The molecule has 0 bridgehead atoms. The molecule has 0 atom stereocenters. The van der Waals surface area contributed by atoms with Gasteiger partial charge in [0.1, 0.15) is 0 Å². The number of rotatable bonds is 6. The van der Waals surface area contributed by atoms with Gasteiger partial charge in [0.05, 0.1) is 0 Å². The third kappa shape index (κ3) is 3.95. The van der Waals surface area contributed by atoms with Crippen LogP contribution in [-0.4, -0.2) is 38.0 Å². The first-order valence-electron chi connectivity index (χ1n) is 3.66. The van der Waals surface area contributed by atoms with Crippen LogP contribution >= 0.6 is 0 Å². The molecule has 11 heavy (non-hydrogen) atoms. The fourth-order valence-corrected chi connectivity index (χ4v) is 0.618. The van der Waals surface area contributed by atoms with E-state index in [1.165, 1.54) is 4.90 Å². The summed E-state index contributed by atoms with van der Waals surface area (Å²) in [5.74, 6) is 0. The fourth-order valence-electron chi connectivity index (χ4n) is 0.618. The summed E-state index contributed by atoms with van der Waals surface area (Å²) in [4.78, 5) is 11.6. The van der Waals surface area contributed by atoms with Gasteiger partial charge in [0.2, 0.25) is 12.8 Å². The highest BCUT2D eigenvalue weighted by atomic mass is 16.7. The van der Waals surface area contributed by atoms with E-state index in [4.69, 9.17) is 9.47 Å². The molecule has 0 aliphatic rings. The lowest BCUT2D eigenvalue weighted by atomic mass is 10.7. The molecule has 4 heteroatoms. The normalized spacial score (nSPS) is 10.2. The summed E-state index contributed by atoms with van der Waals surface area (Å²) in [6.45, 7) is 4.76.